The number of hydrogen-bond donors (Lipinski definition) is 1. The Hall–Kier alpha value is -1.62. The number of ether oxygens (including phenoxy) is 1. The highest BCUT2D eigenvalue weighted by atomic mass is 16.5. The van der Waals surface area contributed by atoms with Gasteiger partial charge in [-0.1, -0.05) is 12.1 Å². The van der Waals surface area contributed by atoms with E-state index in [-0.39, 0.29) is 5.75 Å². The Balaban J connectivity index is 2.53. The maximum absolute atomic E-state index is 9.23. The van der Waals surface area contributed by atoms with E-state index in [4.69, 9.17) is 11.2 Å². The van der Waals surface area contributed by atoms with Crippen molar-refractivity contribution in [3.63, 3.8) is 0 Å². The second kappa shape index (κ2) is 4.30. The lowest BCUT2D eigenvalue weighted by Gasteiger charge is -2.04. The van der Waals surface area contributed by atoms with E-state index in [1.54, 1.807) is 24.3 Å². The molecule has 0 amide bonds. The Morgan fingerprint density at radius 1 is 1.42 bits per heavy atom. The van der Waals surface area contributed by atoms with Crippen LogP contribution in [0.3, 0.4) is 0 Å². The first kappa shape index (κ1) is 8.48. The summed E-state index contributed by atoms with van der Waals surface area (Å²) >= 11 is 0. The first-order valence-electron chi connectivity index (χ1n) is 3.69. The van der Waals surface area contributed by atoms with Crippen molar-refractivity contribution in [2.24, 2.45) is 0 Å². The molecule has 0 aliphatic heterocycles. The van der Waals surface area contributed by atoms with Gasteiger partial charge in [0.2, 0.25) is 0 Å². The Morgan fingerprint density at radius 3 is 2.83 bits per heavy atom. The third kappa shape index (κ3) is 2.21. The van der Waals surface area contributed by atoms with Gasteiger partial charge in [0.25, 0.3) is 0 Å². The normalized spacial score (nSPS) is 8.92. The summed E-state index contributed by atoms with van der Waals surface area (Å²) in [5, 5.41) is 9.23. The smallest absolute Gasteiger partial charge is 0.160 e. The summed E-state index contributed by atoms with van der Waals surface area (Å²) in [5.41, 5.74) is 0. The van der Waals surface area contributed by atoms with Crippen LogP contribution in [-0.4, -0.2) is 11.7 Å². The minimum absolute atomic E-state index is 0.148. The van der Waals surface area contributed by atoms with Crippen molar-refractivity contribution >= 4 is 0 Å². The zero-order valence-electron chi connectivity index (χ0n) is 6.66. The number of para-hydroxylation sites is 2. The van der Waals surface area contributed by atoms with E-state index in [0.717, 1.165) is 0 Å². The van der Waals surface area contributed by atoms with Crippen LogP contribution in [0.5, 0.6) is 11.5 Å². The molecule has 0 atom stereocenters. The predicted octanol–water partition coefficient (Wildman–Crippen LogP) is 1.79. The van der Waals surface area contributed by atoms with Gasteiger partial charge in [-0.05, 0) is 12.1 Å². The van der Waals surface area contributed by atoms with Gasteiger partial charge in [-0.25, -0.2) is 0 Å². The molecule has 0 saturated heterocycles. The van der Waals surface area contributed by atoms with Gasteiger partial charge in [-0.3, -0.25) is 0 Å². The first-order valence-corrected chi connectivity index (χ1v) is 3.69. The number of rotatable bonds is 3. The van der Waals surface area contributed by atoms with Gasteiger partial charge in [0.1, 0.15) is 0 Å². The molecule has 12 heavy (non-hydrogen) atoms. The van der Waals surface area contributed by atoms with Crippen LogP contribution in [0.4, 0.5) is 0 Å². The maximum atomic E-state index is 9.23. The van der Waals surface area contributed by atoms with Gasteiger partial charge >= 0.3 is 0 Å². The van der Waals surface area contributed by atoms with Crippen LogP contribution in [-0.2, 0) is 0 Å². The average Bonchev–Trinajstić information content (AvgIpc) is 2.09. The van der Waals surface area contributed by atoms with E-state index in [2.05, 4.69) is 5.92 Å². The average molecular weight is 162 g/mol. The fourth-order valence-electron chi connectivity index (χ4n) is 0.799. The summed E-state index contributed by atoms with van der Waals surface area (Å²) < 4.78 is 5.18. The molecular formula is C10H10O2. The zero-order valence-corrected chi connectivity index (χ0v) is 6.66. The lowest BCUT2D eigenvalue weighted by molar-refractivity contribution is 0.307. The number of terminal acetylenes is 1. The fraction of sp³-hybridized carbons (Fsp3) is 0.200. The molecular weight excluding hydrogens is 152 g/mol. The van der Waals surface area contributed by atoms with Crippen LogP contribution in [0.15, 0.2) is 24.3 Å². The van der Waals surface area contributed by atoms with Crippen molar-refractivity contribution in [3.8, 4) is 23.8 Å². The summed E-state index contributed by atoms with van der Waals surface area (Å²) in [5.74, 6) is 3.08. The summed E-state index contributed by atoms with van der Waals surface area (Å²) in [6, 6.07) is 6.81. The summed E-state index contributed by atoms with van der Waals surface area (Å²) in [6.45, 7) is 0.439. The molecule has 0 saturated carbocycles. The molecule has 0 aliphatic rings. The highest BCUT2D eigenvalue weighted by Gasteiger charge is 1.97. The third-order valence-corrected chi connectivity index (χ3v) is 1.37. The van der Waals surface area contributed by atoms with Crippen LogP contribution >= 0.6 is 0 Å². The number of hydrogen-bond acceptors (Lipinski definition) is 2. The SMILES string of the molecule is C#CCCOc1ccccc1O. The molecule has 1 N–H and O–H groups in total. The lowest BCUT2D eigenvalue weighted by atomic mass is 10.3. The quantitative estimate of drug-likeness (QED) is 0.542. The molecule has 1 aromatic rings. The molecule has 1 aromatic carbocycles. The standard InChI is InChI=1S/C10H10O2/c1-2-3-8-12-10-7-5-4-6-9(10)11/h1,4-7,11H,3,8H2. The van der Waals surface area contributed by atoms with Crippen molar-refractivity contribution in [1.82, 2.24) is 0 Å². The second-order valence-electron chi connectivity index (χ2n) is 2.27. The Kier molecular flexibility index (Phi) is 3.04. The zero-order chi connectivity index (χ0) is 8.81. The first-order chi connectivity index (χ1) is 5.84. The molecule has 0 aromatic heterocycles. The van der Waals surface area contributed by atoms with Gasteiger partial charge in [0.15, 0.2) is 11.5 Å². The van der Waals surface area contributed by atoms with Crippen molar-refractivity contribution in [2.45, 2.75) is 6.42 Å². The molecule has 0 spiro atoms. The monoisotopic (exact) mass is 162 g/mol. The van der Waals surface area contributed by atoms with E-state index in [1.807, 2.05) is 0 Å². The lowest BCUT2D eigenvalue weighted by Crippen LogP contribution is -1.95. The molecule has 0 aliphatic carbocycles. The van der Waals surface area contributed by atoms with Gasteiger partial charge in [0, 0.05) is 6.42 Å². The van der Waals surface area contributed by atoms with Crippen LogP contribution in [0.25, 0.3) is 0 Å². The number of benzene rings is 1. The Bertz CT molecular complexity index is 286. The maximum Gasteiger partial charge on any atom is 0.160 e. The van der Waals surface area contributed by atoms with E-state index < -0.39 is 0 Å². The van der Waals surface area contributed by atoms with Crippen LogP contribution in [0, 0.1) is 12.3 Å². The molecule has 0 bridgehead atoms. The van der Waals surface area contributed by atoms with Crippen LogP contribution < -0.4 is 4.74 Å². The second-order valence-corrected chi connectivity index (χ2v) is 2.27. The number of phenolic OH excluding ortho intramolecular Hbond substituents is 1. The van der Waals surface area contributed by atoms with E-state index in [9.17, 15) is 5.11 Å². The largest absolute Gasteiger partial charge is 0.504 e. The van der Waals surface area contributed by atoms with Crippen molar-refractivity contribution in [1.29, 1.82) is 0 Å². The molecule has 0 radical (unpaired) electrons. The highest BCUT2D eigenvalue weighted by molar-refractivity contribution is 5.37. The number of aromatic hydroxyl groups is 1. The predicted molar refractivity (Wildman–Crippen MR) is 47.1 cm³/mol. The van der Waals surface area contributed by atoms with Gasteiger partial charge in [-0.2, -0.15) is 0 Å². The topological polar surface area (TPSA) is 29.5 Å². The summed E-state index contributed by atoms with van der Waals surface area (Å²) in [4.78, 5) is 0. The number of phenols is 1. The molecule has 0 unspecified atom stereocenters. The molecule has 1 rings (SSSR count). The van der Waals surface area contributed by atoms with Crippen molar-refractivity contribution < 1.29 is 9.84 Å². The molecule has 62 valence electrons. The highest BCUT2D eigenvalue weighted by Crippen LogP contribution is 2.24. The minimum atomic E-state index is 0.148. The molecule has 0 heterocycles. The van der Waals surface area contributed by atoms with E-state index >= 15 is 0 Å². The molecule has 2 nitrogen and oxygen atoms in total. The third-order valence-electron chi connectivity index (χ3n) is 1.37. The summed E-state index contributed by atoms with van der Waals surface area (Å²) in [6.07, 6.45) is 5.59. The van der Waals surface area contributed by atoms with Crippen molar-refractivity contribution in [3.05, 3.63) is 24.3 Å². The van der Waals surface area contributed by atoms with Crippen molar-refractivity contribution in [2.75, 3.05) is 6.61 Å². The fourth-order valence-corrected chi connectivity index (χ4v) is 0.799. The van der Waals surface area contributed by atoms with Crippen LogP contribution in [0.1, 0.15) is 6.42 Å². The van der Waals surface area contributed by atoms with Gasteiger partial charge in [0.05, 0.1) is 6.61 Å². The summed E-state index contributed by atoms with van der Waals surface area (Å²) in [7, 11) is 0. The Labute approximate surface area is 71.8 Å². The Morgan fingerprint density at radius 2 is 2.17 bits per heavy atom. The molecule has 0 fully saturated rings. The minimum Gasteiger partial charge on any atom is -0.504 e. The van der Waals surface area contributed by atoms with Crippen LogP contribution in [0.2, 0.25) is 0 Å². The molecule has 2 heteroatoms. The van der Waals surface area contributed by atoms with Gasteiger partial charge < -0.3 is 9.84 Å². The van der Waals surface area contributed by atoms with E-state index in [1.165, 1.54) is 0 Å². The van der Waals surface area contributed by atoms with E-state index in [0.29, 0.717) is 18.8 Å². The van der Waals surface area contributed by atoms with Gasteiger partial charge in [-0.15, -0.1) is 12.3 Å².